The number of aliphatic hydroxyl groups excluding tert-OH is 1. The smallest absolute Gasteiger partial charge is 0.412 e. The van der Waals surface area contributed by atoms with Crippen LogP contribution in [0.2, 0.25) is 0 Å². The number of carbonyl (C=O) groups excluding carboxylic acids is 1. The molecule has 2 atom stereocenters. The number of aromatic hydroxyl groups is 1. The van der Waals surface area contributed by atoms with Crippen LogP contribution < -0.4 is 5.32 Å². The molecule has 6 nitrogen and oxygen atoms in total. The highest BCUT2D eigenvalue weighted by Crippen LogP contribution is 2.29. The normalized spacial score (nSPS) is 13.0. The molecule has 0 aliphatic carbocycles. The molecule has 2 aromatic rings. The third-order valence-corrected chi connectivity index (χ3v) is 3.69. The second kappa shape index (κ2) is 9.74. The van der Waals surface area contributed by atoms with E-state index in [4.69, 9.17) is 9.47 Å². The summed E-state index contributed by atoms with van der Waals surface area (Å²) in [6, 6.07) is 12.4. The second-order valence-electron chi connectivity index (χ2n) is 5.53. The minimum absolute atomic E-state index is 0.189. The molecule has 0 radical (unpaired) electrons. The van der Waals surface area contributed by atoms with Crippen LogP contribution in [0.3, 0.4) is 0 Å². The molecule has 0 unspecified atom stereocenters. The average molecular weight is 363 g/mol. The van der Waals surface area contributed by atoms with E-state index in [1.807, 2.05) is 6.07 Å². The van der Waals surface area contributed by atoms with Gasteiger partial charge in [-0.25, -0.2) is 9.18 Å². The number of hydrogen-bond donors (Lipinski definition) is 3. The molecule has 3 N–H and O–H groups in total. The van der Waals surface area contributed by atoms with Gasteiger partial charge in [-0.3, -0.25) is 5.32 Å². The summed E-state index contributed by atoms with van der Waals surface area (Å²) in [6.07, 6.45) is -2.17. The van der Waals surface area contributed by atoms with Crippen molar-refractivity contribution in [2.45, 2.75) is 25.6 Å². The quantitative estimate of drug-likeness (QED) is 0.667. The van der Waals surface area contributed by atoms with E-state index in [1.165, 1.54) is 12.1 Å². The van der Waals surface area contributed by atoms with E-state index in [0.29, 0.717) is 17.9 Å². The summed E-state index contributed by atoms with van der Waals surface area (Å²) in [5.74, 6) is -1.34. The molecule has 1 amide bonds. The molecular weight excluding hydrogens is 341 g/mol. The number of phenolic OH excluding ortho intramolecular Hbond substituents is 1. The maximum atomic E-state index is 13.8. The van der Waals surface area contributed by atoms with Gasteiger partial charge in [0, 0.05) is 25.3 Å². The summed E-state index contributed by atoms with van der Waals surface area (Å²) in [6.45, 7) is 1.90. The summed E-state index contributed by atoms with van der Waals surface area (Å²) < 4.78 is 24.8. The van der Waals surface area contributed by atoms with Crippen LogP contribution in [-0.4, -0.2) is 35.6 Å². The number of nitrogens with one attached hydrogen (secondary N) is 1. The molecule has 0 bridgehead atoms. The van der Waals surface area contributed by atoms with Crippen molar-refractivity contribution >= 4 is 11.8 Å². The number of benzene rings is 2. The molecule has 2 aromatic carbocycles. The number of halogens is 1. The fourth-order valence-electron chi connectivity index (χ4n) is 2.51. The van der Waals surface area contributed by atoms with E-state index in [9.17, 15) is 19.4 Å². The first kappa shape index (κ1) is 19.7. The summed E-state index contributed by atoms with van der Waals surface area (Å²) in [7, 11) is 0. The predicted octanol–water partition coefficient (Wildman–Crippen LogP) is 3.61. The summed E-state index contributed by atoms with van der Waals surface area (Å²) in [5.41, 5.74) is 0.860. The lowest BCUT2D eigenvalue weighted by Gasteiger charge is -2.27. The van der Waals surface area contributed by atoms with Gasteiger partial charge in [0.15, 0.2) is 17.7 Å². The van der Waals surface area contributed by atoms with Crippen LogP contribution in [0.25, 0.3) is 0 Å². The van der Waals surface area contributed by atoms with Crippen molar-refractivity contribution in [3.05, 3.63) is 59.9 Å². The number of amides is 1. The van der Waals surface area contributed by atoms with Gasteiger partial charge < -0.3 is 19.7 Å². The van der Waals surface area contributed by atoms with Crippen LogP contribution >= 0.6 is 0 Å². The SMILES string of the molecule is CCO[C@H](CCO)[C@H](OC(=O)Nc1ccccc1)c1ccc(O)c(F)c1. The molecule has 0 spiro atoms. The number of carbonyl (C=O) groups is 1. The molecule has 0 saturated carbocycles. The van der Waals surface area contributed by atoms with Gasteiger partial charge in [0.1, 0.15) is 6.10 Å². The van der Waals surface area contributed by atoms with Crippen LogP contribution in [0.15, 0.2) is 48.5 Å². The molecule has 26 heavy (non-hydrogen) atoms. The monoisotopic (exact) mass is 363 g/mol. The van der Waals surface area contributed by atoms with Crippen molar-refractivity contribution in [2.24, 2.45) is 0 Å². The fraction of sp³-hybridized carbons (Fsp3) is 0.316. The number of phenols is 1. The number of hydrogen-bond acceptors (Lipinski definition) is 5. The second-order valence-corrected chi connectivity index (χ2v) is 5.53. The number of para-hydroxylation sites is 1. The largest absolute Gasteiger partial charge is 0.505 e. The lowest BCUT2D eigenvalue weighted by Crippen LogP contribution is -2.29. The fourth-order valence-corrected chi connectivity index (χ4v) is 2.51. The maximum absolute atomic E-state index is 13.8. The van der Waals surface area contributed by atoms with E-state index in [2.05, 4.69) is 5.32 Å². The van der Waals surface area contributed by atoms with Gasteiger partial charge in [-0.15, -0.1) is 0 Å². The Hall–Kier alpha value is -2.64. The predicted molar refractivity (Wildman–Crippen MR) is 94.5 cm³/mol. The van der Waals surface area contributed by atoms with Crippen LogP contribution in [0.4, 0.5) is 14.9 Å². The zero-order valence-electron chi connectivity index (χ0n) is 14.4. The molecule has 0 aliphatic heterocycles. The van der Waals surface area contributed by atoms with E-state index >= 15 is 0 Å². The molecule has 7 heteroatoms. The van der Waals surface area contributed by atoms with E-state index in [0.717, 1.165) is 6.07 Å². The van der Waals surface area contributed by atoms with Gasteiger partial charge in [-0.2, -0.15) is 0 Å². The minimum Gasteiger partial charge on any atom is -0.505 e. The molecule has 0 saturated heterocycles. The van der Waals surface area contributed by atoms with Crippen LogP contribution in [0.5, 0.6) is 5.75 Å². The third kappa shape index (κ3) is 5.44. The zero-order valence-corrected chi connectivity index (χ0v) is 14.4. The Morgan fingerprint density at radius 1 is 1.23 bits per heavy atom. The topological polar surface area (TPSA) is 88.0 Å². The van der Waals surface area contributed by atoms with Crippen LogP contribution in [0.1, 0.15) is 25.0 Å². The van der Waals surface area contributed by atoms with Gasteiger partial charge in [0.05, 0.1) is 0 Å². The highest BCUT2D eigenvalue weighted by atomic mass is 19.1. The molecule has 0 heterocycles. The van der Waals surface area contributed by atoms with Gasteiger partial charge in [0.25, 0.3) is 0 Å². The van der Waals surface area contributed by atoms with Gasteiger partial charge >= 0.3 is 6.09 Å². The molecule has 0 aromatic heterocycles. The Balaban J connectivity index is 2.23. The summed E-state index contributed by atoms with van der Waals surface area (Å²) in [5, 5.41) is 21.2. The highest BCUT2D eigenvalue weighted by molar-refractivity contribution is 5.84. The highest BCUT2D eigenvalue weighted by Gasteiger charge is 2.28. The lowest BCUT2D eigenvalue weighted by molar-refractivity contribution is -0.0485. The standard InChI is InChI=1S/C19H22FNO5/c1-2-25-17(10-11-22)18(13-8-9-16(23)15(20)12-13)26-19(24)21-14-6-4-3-5-7-14/h3-9,12,17-18,22-23H,2,10-11H2,1H3,(H,21,24)/t17-,18-/m1/s1. The van der Waals surface area contributed by atoms with Crippen molar-refractivity contribution in [3.63, 3.8) is 0 Å². The summed E-state index contributed by atoms with van der Waals surface area (Å²) >= 11 is 0. The van der Waals surface area contributed by atoms with Crippen molar-refractivity contribution in [1.29, 1.82) is 0 Å². The summed E-state index contributed by atoms with van der Waals surface area (Å²) in [4.78, 5) is 12.3. The average Bonchev–Trinajstić information content (AvgIpc) is 2.63. The first-order valence-electron chi connectivity index (χ1n) is 8.28. The molecule has 2 rings (SSSR count). The Morgan fingerprint density at radius 2 is 1.96 bits per heavy atom. The number of ether oxygens (including phenoxy) is 2. The Kier molecular flexibility index (Phi) is 7.37. The first-order valence-corrected chi connectivity index (χ1v) is 8.28. The number of aliphatic hydroxyl groups is 1. The first-order chi connectivity index (χ1) is 12.5. The molecule has 0 fully saturated rings. The number of anilines is 1. The van der Waals surface area contributed by atoms with E-state index in [-0.39, 0.29) is 13.0 Å². The molecular formula is C19H22FNO5. The van der Waals surface area contributed by atoms with Crippen LogP contribution in [-0.2, 0) is 9.47 Å². The van der Waals surface area contributed by atoms with Crippen molar-refractivity contribution in [3.8, 4) is 5.75 Å². The van der Waals surface area contributed by atoms with Crippen molar-refractivity contribution < 1.29 is 28.9 Å². The maximum Gasteiger partial charge on any atom is 0.412 e. The van der Waals surface area contributed by atoms with Crippen molar-refractivity contribution in [1.82, 2.24) is 0 Å². The minimum atomic E-state index is -0.957. The zero-order chi connectivity index (χ0) is 18.9. The molecule has 140 valence electrons. The molecule has 0 aliphatic rings. The number of rotatable bonds is 8. The van der Waals surface area contributed by atoms with Crippen LogP contribution in [0, 0.1) is 5.82 Å². The Bertz CT molecular complexity index is 704. The van der Waals surface area contributed by atoms with E-state index in [1.54, 1.807) is 31.2 Å². The van der Waals surface area contributed by atoms with Gasteiger partial charge in [-0.05, 0) is 36.8 Å². The van der Waals surface area contributed by atoms with Gasteiger partial charge in [-0.1, -0.05) is 24.3 Å². The lowest BCUT2D eigenvalue weighted by atomic mass is 10.0. The van der Waals surface area contributed by atoms with E-state index < -0.39 is 29.9 Å². The third-order valence-electron chi connectivity index (χ3n) is 3.69. The van der Waals surface area contributed by atoms with Gasteiger partial charge in [0.2, 0.25) is 0 Å². The Labute approximate surface area is 151 Å². The Morgan fingerprint density at radius 3 is 2.58 bits per heavy atom. The van der Waals surface area contributed by atoms with Crippen molar-refractivity contribution in [2.75, 3.05) is 18.5 Å².